The van der Waals surface area contributed by atoms with Crippen molar-refractivity contribution >= 4 is 5.78 Å². The number of hydrogen-bond donors (Lipinski definition) is 1. The zero-order valence-electron chi connectivity index (χ0n) is 11.0. The third kappa shape index (κ3) is 3.16. The van der Waals surface area contributed by atoms with E-state index in [1.807, 2.05) is 0 Å². The van der Waals surface area contributed by atoms with E-state index in [4.69, 9.17) is 0 Å². The van der Waals surface area contributed by atoms with Crippen molar-refractivity contribution < 1.29 is 9.18 Å². The van der Waals surface area contributed by atoms with Crippen LogP contribution in [-0.4, -0.2) is 18.4 Å². The molecule has 0 radical (unpaired) electrons. The number of aryl methyl sites for hydroxylation is 1. The van der Waals surface area contributed by atoms with Crippen LogP contribution in [0.25, 0.3) is 0 Å². The van der Waals surface area contributed by atoms with E-state index in [0.29, 0.717) is 23.5 Å². The summed E-state index contributed by atoms with van der Waals surface area (Å²) < 4.78 is 13.4. The summed E-state index contributed by atoms with van der Waals surface area (Å²) in [5, 5.41) is 3.36. The Morgan fingerprint density at radius 2 is 2.28 bits per heavy atom. The highest BCUT2D eigenvalue weighted by Crippen LogP contribution is 2.19. The maximum absolute atomic E-state index is 13.4. The van der Waals surface area contributed by atoms with Gasteiger partial charge in [0.15, 0.2) is 5.78 Å². The number of carbonyl (C=O) groups is 1. The molecule has 1 aromatic carbocycles. The molecule has 0 spiro atoms. The van der Waals surface area contributed by atoms with Crippen molar-refractivity contribution in [1.82, 2.24) is 5.32 Å². The number of rotatable bonds is 3. The molecular weight excluding hydrogens is 229 g/mol. The van der Waals surface area contributed by atoms with Crippen LogP contribution in [0.15, 0.2) is 18.2 Å². The van der Waals surface area contributed by atoms with Gasteiger partial charge in [0.25, 0.3) is 0 Å². The van der Waals surface area contributed by atoms with Crippen molar-refractivity contribution in [2.45, 2.75) is 39.2 Å². The average molecular weight is 249 g/mol. The fourth-order valence-electron chi connectivity index (χ4n) is 2.48. The van der Waals surface area contributed by atoms with Crippen LogP contribution in [0.3, 0.4) is 0 Å². The van der Waals surface area contributed by atoms with Crippen LogP contribution >= 0.6 is 0 Å². The highest BCUT2D eigenvalue weighted by molar-refractivity contribution is 5.96. The molecule has 0 aromatic heterocycles. The largest absolute Gasteiger partial charge is 0.314 e. The molecule has 0 amide bonds. The van der Waals surface area contributed by atoms with Crippen LogP contribution in [0.5, 0.6) is 0 Å². The smallest absolute Gasteiger partial charge is 0.164 e. The Kier molecular flexibility index (Phi) is 4.12. The van der Waals surface area contributed by atoms with Crippen molar-refractivity contribution in [2.75, 3.05) is 6.54 Å². The second-order valence-electron chi connectivity index (χ2n) is 5.37. The highest BCUT2D eigenvalue weighted by Gasteiger charge is 2.21. The number of Topliss-reactive ketones (excluding diaryl/α,β-unsaturated/α-hetero) is 1. The maximum Gasteiger partial charge on any atom is 0.164 e. The van der Waals surface area contributed by atoms with Crippen molar-refractivity contribution in [3.8, 4) is 0 Å². The molecule has 1 N–H and O–H groups in total. The normalized spacial score (nSPS) is 23.9. The molecule has 0 aliphatic carbocycles. The number of nitrogens with one attached hydrogen (secondary N) is 1. The van der Waals surface area contributed by atoms with Gasteiger partial charge in [-0.15, -0.1) is 0 Å². The van der Waals surface area contributed by atoms with E-state index in [0.717, 1.165) is 13.0 Å². The van der Waals surface area contributed by atoms with Gasteiger partial charge in [0.05, 0.1) is 0 Å². The first kappa shape index (κ1) is 13.2. The third-order valence-corrected chi connectivity index (χ3v) is 3.68. The summed E-state index contributed by atoms with van der Waals surface area (Å²) in [5.74, 6) is 0.394. The lowest BCUT2D eigenvalue weighted by atomic mass is 9.90. The first-order chi connectivity index (χ1) is 8.56. The van der Waals surface area contributed by atoms with E-state index in [1.165, 1.54) is 12.5 Å². The average Bonchev–Trinajstić information content (AvgIpc) is 2.32. The number of carbonyl (C=O) groups excluding carboxylic acids is 1. The highest BCUT2D eigenvalue weighted by atomic mass is 19.1. The summed E-state index contributed by atoms with van der Waals surface area (Å²) in [7, 11) is 0. The summed E-state index contributed by atoms with van der Waals surface area (Å²) in [6, 6.07) is 4.97. The molecule has 0 bridgehead atoms. The van der Waals surface area contributed by atoms with E-state index >= 15 is 0 Å². The first-order valence-electron chi connectivity index (χ1n) is 6.59. The molecule has 98 valence electrons. The van der Waals surface area contributed by atoms with E-state index in [1.54, 1.807) is 19.1 Å². The van der Waals surface area contributed by atoms with Gasteiger partial charge in [-0.2, -0.15) is 0 Å². The minimum absolute atomic E-state index is 0.0282. The van der Waals surface area contributed by atoms with Crippen LogP contribution in [0.4, 0.5) is 4.39 Å². The summed E-state index contributed by atoms with van der Waals surface area (Å²) in [6.45, 7) is 4.89. The lowest BCUT2D eigenvalue weighted by Gasteiger charge is -2.27. The Morgan fingerprint density at radius 1 is 1.50 bits per heavy atom. The Balaban J connectivity index is 2.00. The van der Waals surface area contributed by atoms with E-state index < -0.39 is 0 Å². The molecule has 1 heterocycles. The van der Waals surface area contributed by atoms with Crippen molar-refractivity contribution in [3.05, 3.63) is 35.1 Å². The number of piperidine rings is 1. The van der Waals surface area contributed by atoms with Gasteiger partial charge in [0.1, 0.15) is 5.82 Å². The minimum Gasteiger partial charge on any atom is -0.314 e. The van der Waals surface area contributed by atoms with Gasteiger partial charge >= 0.3 is 0 Å². The van der Waals surface area contributed by atoms with Crippen molar-refractivity contribution in [2.24, 2.45) is 5.92 Å². The molecule has 2 atom stereocenters. The van der Waals surface area contributed by atoms with Crippen LogP contribution in [-0.2, 0) is 0 Å². The zero-order chi connectivity index (χ0) is 13.1. The van der Waals surface area contributed by atoms with E-state index in [-0.39, 0.29) is 17.6 Å². The molecule has 2 rings (SSSR count). The Morgan fingerprint density at radius 3 is 2.94 bits per heavy atom. The Hall–Kier alpha value is -1.22. The minimum atomic E-state index is -0.300. The third-order valence-electron chi connectivity index (χ3n) is 3.68. The second-order valence-corrected chi connectivity index (χ2v) is 5.37. The molecular formula is C15H20FNO. The number of halogens is 1. The molecule has 1 fully saturated rings. The van der Waals surface area contributed by atoms with Crippen LogP contribution in [0.1, 0.15) is 42.1 Å². The van der Waals surface area contributed by atoms with Gasteiger partial charge in [0.2, 0.25) is 0 Å². The van der Waals surface area contributed by atoms with Crippen molar-refractivity contribution in [3.63, 3.8) is 0 Å². The molecule has 1 aliphatic heterocycles. The molecule has 1 aliphatic rings. The quantitative estimate of drug-likeness (QED) is 0.834. The molecule has 2 nitrogen and oxygen atoms in total. The van der Waals surface area contributed by atoms with Crippen LogP contribution < -0.4 is 5.32 Å². The summed E-state index contributed by atoms with van der Waals surface area (Å²) >= 11 is 0. The number of ketones is 1. The van der Waals surface area contributed by atoms with E-state index in [9.17, 15) is 9.18 Å². The standard InChI is InChI=1S/C15H20FNO/c1-10-5-6-17-13(7-10)9-15(18)12-4-3-11(2)14(16)8-12/h3-4,8,10,13,17H,5-7,9H2,1-2H3. The van der Waals surface area contributed by atoms with Gasteiger partial charge in [-0.1, -0.05) is 19.1 Å². The predicted molar refractivity (Wildman–Crippen MR) is 70.3 cm³/mol. The SMILES string of the molecule is Cc1ccc(C(=O)CC2CC(C)CCN2)cc1F. The predicted octanol–water partition coefficient (Wildman–Crippen LogP) is 3.10. The fraction of sp³-hybridized carbons (Fsp3) is 0.533. The van der Waals surface area contributed by atoms with Crippen molar-refractivity contribution in [1.29, 1.82) is 0 Å². The van der Waals surface area contributed by atoms with Gasteiger partial charge in [-0.3, -0.25) is 4.79 Å². The van der Waals surface area contributed by atoms with E-state index in [2.05, 4.69) is 12.2 Å². The molecule has 2 unspecified atom stereocenters. The zero-order valence-corrected chi connectivity index (χ0v) is 11.0. The summed E-state index contributed by atoms with van der Waals surface area (Å²) in [5.41, 5.74) is 1.06. The summed E-state index contributed by atoms with van der Waals surface area (Å²) in [4.78, 5) is 12.1. The fourth-order valence-corrected chi connectivity index (χ4v) is 2.48. The number of hydrogen-bond acceptors (Lipinski definition) is 2. The van der Waals surface area contributed by atoms with Gasteiger partial charge < -0.3 is 5.32 Å². The Bertz CT molecular complexity index is 444. The lowest BCUT2D eigenvalue weighted by molar-refractivity contribution is 0.0958. The van der Waals surface area contributed by atoms with Crippen LogP contribution in [0, 0.1) is 18.7 Å². The molecule has 18 heavy (non-hydrogen) atoms. The van der Waals surface area contributed by atoms with Crippen LogP contribution in [0.2, 0.25) is 0 Å². The molecule has 1 saturated heterocycles. The lowest BCUT2D eigenvalue weighted by Crippen LogP contribution is -2.38. The van der Waals surface area contributed by atoms with Gasteiger partial charge in [-0.25, -0.2) is 4.39 Å². The van der Waals surface area contributed by atoms with Gasteiger partial charge in [0, 0.05) is 18.0 Å². The first-order valence-corrected chi connectivity index (χ1v) is 6.59. The summed E-state index contributed by atoms with van der Waals surface area (Å²) in [6.07, 6.45) is 2.66. The molecule has 3 heteroatoms. The number of benzene rings is 1. The molecule has 1 aromatic rings. The maximum atomic E-state index is 13.4. The van der Waals surface area contributed by atoms with Gasteiger partial charge in [-0.05, 0) is 43.9 Å². The Labute approximate surface area is 108 Å². The molecule has 0 saturated carbocycles. The topological polar surface area (TPSA) is 29.1 Å². The second kappa shape index (κ2) is 5.61. The monoisotopic (exact) mass is 249 g/mol.